The van der Waals surface area contributed by atoms with Gasteiger partial charge in [0.2, 0.25) is 10.0 Å². The summed E-state index contributed by atoms with van der Waals surface area (Å²) in [5, 5.41) is 11.5. The molecule has 6 nitrogen and oxygen atoms in total. The second kappa shape index (κ2) is 7.85. The number of nitriles is 1. The molecule has 110 valence electrons. The third-order valence-corrected chi connectivity index (χ3v) is 4.75. The Kier molecular flexibility index (Phi) is 6.45. The number of nitrogens with zero attached hydrogens (tertiary/aromatic N) is 2. The maximum Gasteiger partial charge on any atom is 0.245 e. The van der Waals surface area contributed by atoms with Crippen molar-refractivity contribution in [3.8, 4) is 6.07 Å². The minimum absolute atomic E-state index is 0.144. The van der Waals surface area contributed by atoms with Crippen molar-refractivity contribution in [2.45, 2.75) is 11.3 Å². The molecule has 0 fully saturated rings. The zero-order chi connectivity index (χ0) is 15.0. The molecule has 0 atom stereocenters. The third kappa shape index (κ3) is 3.93. The molecule has 0 aliphatic rings. The Labute approximate surface area is 120 Å². The molecule has 0 aromatic heterocycles. The molecular formula is C13H19N3O3S. The van der Waals surface area contributed by atoms with E-state index in [9.17, 15) is 8.42 Å². The van der Waals surface area contributed by atoms with Crippen molar-refractivity contribution in [2.75, 3.05) is 39.2 Å². The zero-order valence-corrected chi connectivity index (χ0v) is 12.5. The Morgan fingerprint density at radius 2 is 2.05 bits per heavy atom. The van der Waals surface area contributed by atoms with E-state index in [1.54, 1.807) is 31.3 Å². The summed E-state index contributed by atoms with van der Waals surface area (Å²) in [4.78, 5) is 0.205. The van der Waals surface area contributed by atoms with E-state index in [0.29, 0.717) is 5.69 Å². The van der Waals surface area contributed by atoms with Crippen LogP contribution in [0.25, 0.3) is 0 Å². The van der Waals surface area contributed by atoms with Gasteiger partial charge in [-0.15, -0.1) is 0 Å². The summed E-state index contributed by atoms with van der Waals surface area (Å²) in [5.41, 5.74) is 0.534. The lowest BCUT2D eigenvalue weighted by atomic mass is 10.3. The largest absolute Gasteiger partial charge is 0.387 e. The number of anilines is 1. The number of sulfonamides is 1. The van der Waals surface area contributed by atoms with E-state index in [0.717, 1.165) is 0 Å². The molecule has 0 aliphatic carbocycles. The Balaban J connectivity index is 3.11. The Morgan fingerprint density at radius 1 is 1.35 bits per heavy atom. The first-order valence-corrected chi connectivity index (χ1v) is 7.64. The van der Waals surface area contributed by atoms with Crippen molar-refractivity contribution in [3.05, 3.63) is 24.3 Å². The monoisotopic (exact) mass is 297 g/mol. The number of para-hydroxylation sites is 1. The van der Waals surface area contributed by atoms with Gasteiger partial charge >= 0.3 is 0 Å². The predicted octanol–water partition coefficient (Wildman–Crippen LogP) is 1.28. The third-order valence-electron chi connectivity index (χ3n) is 2.79. The normalized spacial score (nSPS) is 11.3. The number of hydrogen-bond acceptors (Lipinski definition) is 5. The fraction of sp³-hybridized carbons (Fsp3) is 0.462. The van der Waals surface area contributed by atoms with E-state index >= 15 is 0 Å². The SMILES string of the molecule is CNc1ccccc1S(=O)(=O)N(CCC#N)CCOC. The van der Waals surface area contributed by atoms with Crippen LogP contribution in [0.15, 0.2) is 29.2 Å². The molecule has 1 aromatic carbocycles. The highest BCUT2D eigenvalue weighted by Crippen LogP contribution is 2.24. The molecule has 0 bridgehead atoms. The molecule has 20 heavy (non-hydrogen) atoms. The lowest BCUT2D eigenvalue weighted by Crippen LogP contribution is -2.35. The molecule has 7 heteroatoms. The second-order valence-corrected chi connectivity index (χ2v) is 5.96. The van der Waals surface area contributed by atoms with Crippen LogP contribution >= 0.6 is 0 Å². The fourth-order valence-electron chi connectivity index (χ4n) is 1.76. The molecule has 1 rings (SSSR count). The van der Waals surface area contributed by atoms with Crippen LogP contribution in [0.2, 0.25) is 0 Å². The fourth-order valence-corrected chi connectivity index (χ4v) is 3.38. The summed E-state index contributed by atoms with van der Waals surface area (Å²) in [6.45, 7) is 0.658. The van der Waals surface area contributed by atoms with E-state index in [-0.39, 0.29) is 31.0 Å². The zero-order valence-electron chi connectivity index (χ0n) is 11.7. The van der Waals surface area contributed by atoms with Gasteiger partial charge in [-0.1, -0.05) is 12.1 Å². The van der Waals surface area contributed by atoms with Gasteiger partial charge in [-0.3, -0.25) is 0 Å². The average Bonchev–Trinajstić information content (AvgIpc) is 2.47. The molecule has 0 unspecified atom stereocenters. The smallest absolute Gasteiger partial charge is 0.245 e. The van der Waals surface area contributed by atoms with Gasteiger partial charge in [0.15, 0.2) is 0 Å². The van der Waals surface area contributed by atoms with Gasteiger partial charge in [0, 0.05) is 33.7 Å². The van der Waals surface area contributed by atoms with Crippen LogP contribution in [0.1, 0.15) is 6.42 Å². The van der Waals surface area contributed by atoms with E-state index in [1.807, 2.05) is 6.07 Å². The standard InChI is InChI=1S/C13H19N3O3S/c1-15-12-6-3-4-7-13(12)20(17,18)16(9-5-8-14)10-11-19-2/h3-4,6-7,15H,5,9-11H2,1-2H3. The summed E-state index contributed by atoms with van der Waals surface area (Å²) in [6, 6.07) is 8.65. The molecule has 0 amide bonds. The number of ether oxygens (including phenoxy) is 1. The van der Waals surface area contributed by atoms with Gasteiger partial charge in [0.1, 0.15) is 4.90 Å². The molecule has 0 saturated heterocycles. The minimum atomic E-state index is -3.65. The highest BCUT2D eigenvalue weighted by atomic mass is 32.2. The maximum absolute atomic E-state index is 12.6. The van der Waals surface area contributed by atoms with Crippen molar-refractivity contribution in [1.29, 1.82) is 5.26 Å². The quantitative estimate of drug-likeness (QED) is 0.781. The first-order valence-electron chi connectivity index (χ1n) is 6.20. The van der Waals surface area contributed by atoms with Crippen LogP contribution in [0.5, 0.6) is 0 Å². The molecule has 0 spiro atoms. The van der Waals surface area contributed by atoms with Gasteiger partial charge < -0.3 is 10.1 Å². The number of methoxy groups -OCH3 is 1. The van der Waals surface area contributed by atoms with Crippen LogP contribution < -0.4 is 5.32 Å². The van der Waals surface area contributed by atoms with Crippen molar-refractivity contribution < 1.29 is 13.2 Å². The van der Waals surface area contributed by atoms with Crippen LogP contribution in [-0.2, 0) is 14.8 Å². The van der Waals surface area contributed by atoms with Crippen molar-refractivity contribution in [2.24, 2.45) is 0 Å². The molecular weight excluding hydrogens is 278 g/mol. The first-order chi connectivity index (χ1) is 9.57. The maximum atomic E-state index is 12.6. The summed E-state index contributed by atoms with van der Waals surface area (Å²) in [7, 11) is -0.468. The molecule has 1 aromatic rings. The Morgan fingerprint density at radius 3 is 2.65 bits per heavy atom. The lowest BCUT2D eigenvalue weighted by molar-refractivity contribution is 0.179. The Hall–Kier alpha value is -1.62. The molecule has 0 heterocycles. The van der Waals surface area contributed by atoms with Crippen LogP contribution in [-0.4, -0.2) is 46.6 Å². The van der Waals surface area contributed by atoms with Crippen LogP contribution in [0.4, 0.5) is 5.69 Å². The highest BCUT2D eigenvalue weighted by molar-refractivity contribution is 7.89. The molecule has 0 saturated carbocycles. The van der Waals surface area contributed by atoms with E-state index < -0.39 is 10.0 Å². The van der Waals surface area contributed by atoms with Gasteiger partial charge in [-0.2, -0.15) is 9.57 Å². The summed E-state index contributed by atoms with van der Waals surface area (Å²) in [6.07, 6.45) is 0.144. The molecule has 0 aliphatic heterocycles. The minimum Gasteiger partial charge on any atom is -0.387 e. The van der Waals surface area contributed by atoms with Crippen LogP contribution in [0.3, 0.4) is 0 Å². The topological polar surface area (TPSA) is 82.4 Å². The highest BCUT2D eigenvalue weighted by Gasteiger charge is 2.26. The Bertz CT molecular complexity index is 566. The van der Waals surface area contributed by atoms with E-state index in [2.05, 4.69) is 5.32 Å². The summed E-state index contributed by atoms with van der Waals surface area (Å²) >= 11 is 0. The summed E-state index contributed by atoms with van der Waals surface area (Å²) < 4.78 is 31.5. The van der Waals surface area contributed by atoms with Crippen LogP contribution in [0, 0.1) is 11.3 Å². The van der Waals surface area contributed by atoms with Gasteiger partial charge in [-0.05, 0) is 12.1 Å². The number of benzene rings is 1. The predicted molar refractivity (Wildman–Crippen MR) is 76.9 cm³/mol. The second-order valence-electron chi connectivity index (χ2n) is 4.05. The van der Waals surface area contributed by atoms with Gasteiger partial charge in [0.25, 0.3) is 0 Å². The van der Waals surface area contributed by atoms with Gasteiger partial charge in [0.05, 0.1) is 18.4 Å². The first kappa shape index (κ1) is 16.4. The average molecular weight is 297 g/mol. The summed E-state index contributed by atoms with van der Waals surface area (Å²) in [5.74, 6) is 0. The van der Waals surface area contributed by atoms with Crippen molar-refractivity contribution in [3.63, 3.8) is 0 Å². The number of hydrogen-bond donors (Lipinski definition) is 1. The van der Waals surface area contributed by atoms with E-state index in [4.69, 9.17) is 10.00 Å². The molecule has 0 radical (unpaired) electrons. The van der Waals surface area contributed by atoms with E-state index in [1.165, 1.54) is 11.4 Å². The lowest BCUT2D eigenvalue weighted by Gasteiger charge is -2.22. The van der Waals surface area contributed by atoms with Crippen molar-refractivity contribution in [1.82, 2.24) is 4.31 Å². The van der Waals surface area contributed by atoms with Gasteiger partial charge in [-0.25, -0.2) is 8.42 Å². The molecule has 1 N–H and O–H groups in total. The number of rotatable bonds is 8. The number of nitrogens with one attached hydrogen (secondary N) is 1. The van der Waals surface area contributed by atoms with Crippen molar-refractivity contribution >= 4 is 15.7 Å².